The van der Waals surface area contributed by atoms with Crippen molar-refractivity contribution in [3.05, 3.63) is 28.6 Å². The van der Waals surface area contributed by atoms with Crippen molar-refractivity contribution in [3.63, 3.8) is 0 Å². The summed E-state index contributed by atoms with van der Waals surface area (Å²) in [5, 5.41) is 5.95. The van der Waals surface area contributed by atoms with Gasteiger partial charge < -0.3 is 4.74 Å². The zero-order valence-electron chi connectivity index (χ0n) is 8.82. The summed E-state index contributed by atoms with van der Waals surface area (Å²) in [6.07, 6.45) is 2.11. The van der Waals surface area contributed by atoms with Gasteiger partial charge in [-0.2, -0.15) is 5.10 Å². The first-order chi connectivity index (χ1) is 7.59. The lowest BCUT2D eigenvalue weighted by molar-refractivity contribution is 0.235. The molecule has 0 saturated carbocycles. The highest BCUT2D eigenvalue weighted by Crippen LogP contribution is 2.21. The molecule has 0 atom stereocenters. The monoisotopic (exact) mass is 223 g/mol. The standard InChI is InChI=1S/C10H10FN3O2/c1-5(2)16-10-8-6(7(11)4-12-10)3-13-14-9(8)15/h3-5H,1-2H3,(H,14,15). The molecule has 1 N–H and O–H groups in total. The minimum atomic E-state index is -0.593. The first kappa shape index (κ1) is 10.5. The van der Waals surface area contributed by atoms with Crippen molar-refractivity contribution in [2.75, 3.05) is 0 Å². The average molecular weight is 223 g/mol. The van der Waals surface area contributed by atoms with Crippen LogP contribution in [0.2, 0.25) is 0 Å². The Morgan fingerprint density at radius 1 is 1.44 bits per heavy atom. The van der Waals surface area contributed by atoms with Crippen molar-refractivity contribution < 1.29 is 9.13 Å². The number of aromatic amines is 1. The van der Waals surface area contributed by atoms with Crippen LogP contribution in [0.25, 0.3) is 10.8 Å². The highest BCUT2D eigenvalue weighted by atomic mass is 19.1. The summed E-state index contributed by atoms with van der Waals surface area (Å²) in [7, 11) is 0. The Labute approximate surface area is 90.3 Å². The van der Waals surface area contributed by atoms with Crippen molar-refractivity contribution in [3.8, 4) is 5.88 Å². The molecule has 0 aliphatic carbocycles. The maximum atomic E-state index is 13.4. The Kier molecular flexibility index (Phi) is 2.55. The smallest absolute Gasteiger partial charge is 0.277 e. The van der Waals surface area contributed by atoms with Crippen LogP contribution in [0.3, 0.4) is 0 Å². The molecular weight excluding hydrogens is 213 g/mol. The number of rotatable bonds is 2. The van der Waals surface area contributed by atoms with Gasteiger partial charge in [0, 0.05) is 0 Å². The number of hydrogen-bond donors (Lipinski definition) is 1. The normalized spacial score (nSPS) is 11.0. The number of hydrogen-bond acceptors (Lipinski definition) is 4. The van der Waals surface area contributed by atoms with Crippen LogP contribution < -0.4 is 10.3 Å². The molecule has 84 valence electrons. The SMILES string of the molecule is CC(C)Oc1ncc(F)c2cn[nH]c(=O)c12. The van der Waals surface area contributed by atoms with E-state index in [1.165, 1.54) is 6.20 Å². The molecule has 0 radical (unpaired) electrons. The highest BCUT2D eigenvalue weighted by molar-refractivity contribution is 5.85. The van der Waals surface area contributed by atoms with Crippen LogP contribution in [0.4, 0.5) is 4.39 Å². The number of H-pyrrole nitrogens is 1. The van der Waals surface area contributed by atoms with Crippen molar-refractivity contribution in [1.29, 1.82) is 0 Å². The van der Waals surface area contributed by atoms with E-state index in [4.69, 9.17) is 4.74 Å². The molecule has 0 aliphatic rings. The number of fused-ring (bicyclic) bond motifs is 1. The third-order valence-corrected chi connectivity index (χ3v) is 1.97. The third kappa shape index (κ3) is 1.73. The molecule has 0 aliphatic heterocycles. The summed E-state index contributed by atoms with van der Waals surface area (Å²) in [5.41, 5.74) is -0.514. The van der Waals surface area contributed by atoms with E-state index in [1.54, 1.807) is 13.8 Å². The summed E-state index contributed by atoms with van der Waals surface area (Å²) in [5.74, 6) is -0.472. The Hall–Kier alpha value is -1.98. The lowest BCUT2D eigenvalue weighted by atomic mass is 10.2. The minimum absolute atomic E-state index is 0.0868. The van der Waals surface area contributed by atoms with Gasteiger partial charge in [0.15, 0.2) is 5.82 Å². The van der Waals surface area contributed by atoms with Crippen molar-refractivity contribution in [1.82, 2.24) is 15.2 Å². The number of ether oxygens (including phenoxy) is 1. The second-order valence-electron chi connectivity index (χ2n) is 3.57. The molecule has 0 aromatic carbocycles. The molecule has 5 nitrogen and oxygen atoms in total. The average Bonchev–Trinajstić information content (AvgIpc) is 2.22. The summed E-state index contributed by atoms with van der Waals surface area (Å²) in [6, 6.07) is 0. The molecule has 0 fully saturated rings. The molecule has 0 unspecified atom stereocenters. The molecule has 0 spiro atoms. The van der Waals surface area contributed by atoms with Gasteiger partial charge in [0.05, 0.1) is 23.9 Å². The third-order valence-electron chi connectivity index (χ3n) is 1.97. The van der Waals surface area contributed by atoms with Crippen molar-refractivity contribution >= 4 is 10.8 Å². The summed E-state index contributed by atoms with van der Waals surface area (Å²) in [4.78, 5) is 15.3. The quantitative estimate of drug-likeness (QED) is 0.831. The van der Waals surface area contributed by atoms with E-state index >= 15 is 0 Å². The van der Waals surface area contributed by atoms with Crippen LogP contribution in [0, 0.1) is 5.82 Å². The fraction of sp³-hybridized carbons (Fsp3) is 0.300. The molecule has 2 aromatic rings. The van der Waals surface area contributed by atoms with E-state index in [-0.39, 0.29) is 22.8 Å². The van der Waals surface area contributed by atoms with Crippen LogP contribution in [-0.2, 0) is 0 Å². The molecular formula is C10H10FN3O2. The largest absolute Gasteiger partial charge is 0.474 e. The molecule has 0 saturated heterocycles. The fourth-order valence-corrected chi connectivity index (χ4v) is 1.35. The first-order valence-electron chi connectivity index (χ1n) is 4.78. The topological polar surface area (TPSA) is 67.9 Å². The Balaban J connectivity index is 2.76. The van der Waals surface area contributed by atoms with Gasteiger partial charge in [-0.25, -0.2) is 14.5 Å². The second-order valence-corrected chi connectivity index (χ2v) is 3.57. The van der Waals surface area contributed by atoms with Crippen LogP contribution in [0.15, 0.2) is 17.2 Å². The van der Waals surface area contributed by atoms with E-state index in [0.717, 1.165) is 6.20 Å². The Morgan fingerprint density at radius 2 is 2.19 bits per heavy atom. The molecule has 2 aromatic heterocycles. The van der Waals surface area contributed by atoms with E-state index < -0.39 is 11.4 Å². The minimum Gasteiger partial charge on any atom is -0.474 e. The highest BCUT2D eigenvalue weighted by Gasteiger charge is 2.13. The lowest BCUT2D eigenvalue weighted by Gasteiger charge is -2.10. The Morgan fingerprint density at radius 3 is 2.88 bits per heavy atom. The van der Waals surface area contributed by atoms with Gasteiger partial charge in [0.1, 0.15) is 5.39 Å². The van der Waals surface area contributed by atoms with Gasteiger partial charge in [0.2, 0.25) is 5.88 Å². The molecule has 0 amide bonds. The molecule has 6 heteroatoms. The molecule has 2 rings (SSSR count). The zero-order valence-corrected chi connectivity index (χ0v) is 8.82. The van der Waals surface area contributed by atoms with Gasteiger partial charge in [-0.15, -0.1) is 0 Å². The van der Waals surface area contributed by atoms with Crippen LogP contribution in [0.5, 0.6) is 5.88 Å². The van der Waals surface area contributed by atoms with E-state index in [0.29, 0.717) is 0 Å². The number of aromatic nitrogens is 3. The van der Waals surface area contributed by atoms with E-state index in [1.807, 2.05) is 0 Å². The van der Waals surface area contributed by atoms with Crippen molar-refractivity contribution in [2.24, 2.45) is 0 Å². The lowest BCUT2D eigenvalue weighted by Crippen LogP contribution is -2.14. The second kappa shape index (κ2) is 3.88. The van der Waals surface area contributed by atoms with Crippen LogP contribution in [0.1, 0.15) is 13.8 Å². The maximum absolute atomic E-state index is 13.4. The van der Waals surface area contributed by atoms with Gasteiger partial charge in [-0.1, -0.05) is 0 Å². The molecule has 2 heterocycles. The predicted octanol–water partition coefficient (Wildman–Crippen LogP) is 1.24. The summed E-state index contributed by atoms with van der Waals surface area (Å²) < 4.78 is 18.7. The summed E-state index contributed by atoms with van der Waals surface area (Å²) in [6.45, 7) is 3.60. The first-order valence-corrected chi connectivity index (χ1v) is 4.78. The number of halogens is 1. The van der Waals surface area contributed by atoms with Gasteiger partial charge in [0.25, 0.3) is 5.56 Å². The molecule has 16 heavy (non-hydrogen) atoms. The van der Waals surface area contributed by atoms with Gasteiger partial charge >= 0.3 is 0 Å². The van der Waals surface area contributed by atoms with Crippen LogP contribution in [-0.4, -0.2) is 21.3 Å². The zero-order chi connectivity index (χ0) is 11.7. The van der Waals surface area contributed by atoms with E-state index in [9.17, 15) is 9.18 Å². The van der Waals surface area contributed by atoms with Gasteiger partial charge in [-0.05, 0) is 13.8 Å². The van der Waals surface area contributed by atoms with E-state index in [2.05, 4.69) is 15.2 Å². The molecule has 0 bridgehead atoms. The fourth-order valence-electron chi connectivity index (χ4n) is 1.35. The number of pyridine rings is 1. The number of nitrogens with one attached hydrogen (secondary N) is 1. The van der Waals surface area contributed by atoms with Crippen LogP contribution >= 0.6 is 0 Å². The maximum Gasteiger partial charge on any atom is 0.277 e. The predicted molar refractivity (Wildman–Crippen MR) is 55.9 cm³/mol. The van der Waals surface area contributed by atoms with Gasteiger partial charge in [-0.3, -0.25) is 4.79 Å². The summed E-state index contributed by atoms with van der Waals surface area (Å²) >= 11 is 0. The van der Waals surface area contributed by atoms with Crippen molar-refractivity contribution in [2.45, 2.75) is 20.0 Å². The number of nitrogens with zero attached hydrogens (tertiary/aromatic N) is 2. The Bertz CT molecular complexity index is 580.